The lowest BCUT2D eigenvalue weighted by Gasteiger charge is -2.20. The van der Waals surface area contributed by atoms with Gasteiger partial charge in [0.1, 0.15) is 5.54 Å². The first-order valence-electron chi connectivity index (χ1n) is 5.46. The summed E-state index contributed by atoms with van der Waals surface area (Å²) in [6.45, 7) is 0.855. The summed E-state index contributed by atoms with van der Waals surface area (Å²) in [5, 5.41) is 3.44. The molecule has 0 amide bonds. The molecule has 0 radical (unpaired) electrons. The number of H-pyrrole nitrogens is 1. The number of aliphatic imine (C=N–C) groups is 1. The van der Waals surface area contributed by atoms with Gasteiger partial charge in [-0.05, 0) is 6.07 Å². The fraction of sp³-hybridized carbons (Fsp3) is 0.154. The van der Waals surface area contributed by atoms with Crippen molar-refractivity contribution in [2.24, 2.45) is 4.99 Å². The van der Waals surface area contributed by atoms with Crippen molar-refractivity contribution < 1.29 is 0 Å². The minimum Gasteiger partial charge on any atom is -0.382 e. The van der Waals surface area contributed by atoms with E-state index in [1.165, 1.54) is 22.4 Å². The van der Waals surface area contributed by atoms with Crippen molar-refractivity contribution >= 4 is 11.9 Å². The van der Waals surface area contributed by atoms with Gasteiger partial charge in [-0.2, -0.15) is 0 Å². The van der Waals surface area contributed by atoms with Crippen LogP contribution in [0.5, 0.6) is 0 Å². The van der Waals surface area contributed by atoms with E-state index in [0.717, 1.165) is 6.54 Å². The fourth-order valence-electron chi connectivity index (χ4n) is 2.76. The molecule has 3 heterocycles. The first-order valence-corrected chi connectivity index (χ1v) is 5.46. The molecule has 1 aromatic heterocycles. The molecule has 1 spiro atoms. The van der Waals surface area contributed by atoms with E-state index in [4.69, 9.17) is 4.99 Å². The normalized spacial score (nSPS) is 24.5. The Labute approximate surface area is 93.2 Å². The number of hydrogen-bond acceptors (Lipinski definition) is 2. The van der Waals surface area contributed by atoms with Crippen LogP contribution >= 0.6 is 0 Å². The zero-order valence-electron chi connectivity index (χ0n) is 8.70. The van der Waals surface area contributed by atoms with E-state index in [9.17, 15) is 0 Å². The van der Waals surface area contributed by atoms with Crippen LogP contribution in [0.2, 0.25) is 0 Å². The highest BCUT2D eigenvalue weighted by Crippen LogP contribution is 2.46. The molecule has 0 aliphatic carbocycles. The number of anilines is 1. The molecule has 0 bridgehead atoms. The highest BCUT2D eigenvalue weighted by Gasteiger charge is 2.44. The molecule has 3 nitrogen and oxygen atoms in total. The predicted octanol–water partition coefficient (Wildman–Crippen LogP) is 2.12. The summed E-state index contributed by atoms with van der Waals surface area (Å²) in [5.74, 6) is 0. The summed E-state index contributed by atoms with van der Waals surface area (Å²) < 4.78 is 0. The van der Waals surface area contributed by atoms with Crippen LogP contribution in [0, 0.1) is 0 Å². The number of benzene rings is 1. The molecular weight excluding hydrogens is 198 g/mol. The first-order chi connectivity index (χ1) is 7.90. The van der Waals surface area contributed by atoms with Crippen LogP contribution in [0.3, 0.4) is 0 Å². The fourth-order valence-corrected chi connectivity index (χ4v) is 2.76. The Kier molecular flexibility index (Phi) is 1.30. The molecule has 0 saturated carbocycles. The van der Waals surface area contributed by atoms with Crippen molar-refractivity contribution in [1.82, 2.24) is 4.98 Å². The van der Waals surface area contributed by atoms with Gasteiger partial charge in [-0.15, -0.1) is 0 Å². The lowest BCUT2D eigenvalue weighted by molar-refractivity contribution is 0.618. The van der Waals surface area contributed by atoms with E-state index in [1.807, 2.05) is 12.4 Å². The molecule has 16 heavy (non-hydrogen) atoms. The molecule has 0 saturated heterocycles. The lowest BCUT2D eigenvalue weighted by Crippen LogP contribution is -2.25. The lowest BCUT2D eigenvalue weighted by atomic mass is 9.87. The van der Waals surface area contributed by atoms with E-state index in [2.05, 4.69) is 40.8 Å². The number of para-hydroxylation sites is 1. The molecule has 2 aromatic rings. The average molecular weight is 209 g/mol. The number of aromatic amines is 1. The smallest absolute Gasteiger partial charge is 0.132 e. The molecule has 2 aliphatic heterocycles. The van der Waals surface area contributed by atoms with E-state index in [1.54, 1.807) is 0 Å². The van der Waals surface area contributed by atoms with Crippen LogP contribution in [0.15, 0.2) is 41.7 Å². The third kappa shape index (κ3) is 0.780. The number of fused-ring (bicyclic) bond motifs is 4. The predicted molar refractivity (Wildman–Crippen MR) is 64.1 cm³/mol. The topological polar surface area (TPSA) is 40.2 Å². The van der Waals surface area contributed by atoms with E-state index in [-0.39, 0.29) is 5.54 Å². The second-order valence-corrected chi connectivity index (χ2v) is 4.34. The summed E-state index contributed by atoms with van der Waals surface area (Å²) in [6.07, 6.45) is 6.04. The van der Waals surface area contributed by atoms with Crippen LogP contribution in [0.4, 0.5) is 5.69 Å². The quantitative estimate of drug-likeness (QED) is 0.685. The van der Waals surface area contributed by atoms with Gasteiger partial charge in [-0.25, -0.2) is 0 Å². The second kappa shape index (κ2) is 2.55. The molecule has 1 atom stereocenters. The maximum atomic E-state index is 4.73. The van der Waals surface area contributed by atoms with Gasteiger partial charge >= 0.3 is 0 Å². The Bertz CT molecular complexity index is 597. The van der Waals surface area contributed by atoms with Gasteiger partial charge in [0, 0.05) is 47.5 Å². The third-order valence-corrected chi connectivity index (χ3v) is 3.55. The van der Waals surface area contributed by atoms with Gasteiger partial charge < -0.3 is 10.3 Å². The molecule has 1 aromatic carbocycles. The van der Waals surface area contributed by atoms with Gasteiger partial charge in [0.05, 0.1) is 0 Å². The van der Waals surface area contributed by atoms with Crippen molar-refractivity contribution in [3.63, 3.8) is 0 Å². The van der Waals surface area contributed by atoms with Gasteiger partial charge in [0.15, 0.2) is 0 Å². The van der Waals surface area contributed by atoms with Crippen LogP contribution < -0.4 is 5.32 Å². The van der Waals surface area contributed by atoms with Gasteiger partial charge in [0.25, 0.3) is 0 Å². The number of nitrogens with one attached hydrogen (secondary N) is 2. The third-order valence-electron chi connectivity index (χ3n) is 3.55. The molecule has 4 rings (SSSR count). The monoisotopic (exact) mass is 209 g/mol. The Hall–Kier alpha value is -2.03. The largest absolute Gasteiger partial charge is 0.382 e. The van der Waals surface area contributed by atoms with Crippen molar-refractivity contribution in [1.29, 1.82) is 0 Å². The summed E-state index contributed by atoms with van der Waals surface area (Å²) in [5.41, 5.74) is 4.79. The van der Waals surface area contributed by atoms with Crippen molar-refractivity contribution in [2.75, 3.05) is 11.9 Å². The van der Waals surface area contributed by atoms with Gasteiger partial charge in [-0.1, -0.05) is 18.2 Å². The molecule has 1 unspecified atom stereocenters. The number of aromatic nitrogens is 1. The maximum Gasteiger partial charge on any atom is 0.132 e. The summed E-state index contributed by atoms with van der Waals surface area (Å²) in [6, 6.07) is 8.41. The van der Waals surface area contributed by atoms with E-state index >= 15 is 0 Å². The summed E-state index contributed by atoms with van der Waals surface area (Å²) in [4.78, 5) is 7.89. The highest BCUT2D eigenvalue weighted by atomic mass is 15.1. The highest BCUT2D eigenvalue weighted by molar-refractivity contribution is 5.88. The summed E-state index contributed by atoms with van der Waals surface area (Å²) >= 11 is 0. The SMILES string of the molecule is C1=NC2(CNc3ccccc32)c2c[nH]cc21. The molecule has 2 aliphatic rings. The number of rotatable bonds is 0. The van der Waals surface area contributed by atoms with Crippen LogP contribution in [-0.2, 0) is 5.54 Å². The number of nitrogens with zero attached hydrogens (tertiary/aromatic N) is 1. The zero-order valence-corrected chi connectivity index (χ0v) is 8.70. The Balaban J connectivity index is 2.02. The Morgan fingerprint density at radius 2 is 2.06 bits per heavy atom. The van der Waals surface area contributed by atoms with Gasteiger partial charge in [-0.3, -0.25) is 4.99 Å². The minimum absolute atomic E-state index is 0.189. The van der Waals surface area contributed by atoms with Crippen molar-refractivity contribution in [3.8, 4) is 0 Å². The van der Waals surface area contributed by atoms with Crippen LogP contribution in [0.25, 0.3) is 0 Å². The molecule has 3 heteroatoms. The summed E-state index contributed by atoms with van der Waals surface area (Å²) in [7, 11) is 0. The molecular formula is C13H11N3. The zero-order chi connectivity index (χ0) is 10.6. The van der Waals surface area contributed by atoms with Crippen LogP contribution in [-0.4, -0.2) is 17.7 Å². The Morgan fingerprint density at radius 3 is 3.06 bits per heavy atom. The average Bonchev–Trinajstić information content (AvgIpc) is 2.99. The molecule has 0 fully saturated rings. The van der Waals surface area contributed by atoms with Crippen molar-refractivity contribution in [2.45, 2.75) is 5.54 Å². The van der Waals surface area contributed by atoms with E-state index in [0.29, 0.717) is 0 Å². The Morgan fingerprint density at radius 1 is 1.12 bits per heavy atom. The van der Waals surface area contributed by atoms with Crippen molar-refractivity contribution in [3.05, 3.63) is 53.3 Å². The van der Waals surface area contributed by atoms with Crippen LogP contribution in [0.1, 0.15) is 16.7 Å². The molecule has 2 N–H and O–H groups in total. The van der Waals surface area contributed by atoms with E-state index < -0.39 is 0 Å². The first kappa shape index (κ1) is 8.16. The molecule has 78 valence electrons. The van der Waals surface area contributed by atoms with Gasteiger partial charge in [0.2, 0.25) is 0 Å². The standard InChI is InChI=1S/C13H11N3/c1-2-4-12-10(3-1)13(8-15-12)11-7-14-5-9(11)6-16-13/h1-7,14-15H,8H2. The number of hydrogen-bond donors (Lipinski definition) is 2. The minimum atomic E-state index is -0.189. The second-order valence-electron chi connectivity index (χ2n) is 4.34. The maximum absolute atomic E-state index is 4.73.